The molecule has 21 heavy (non-hydrogen) atoms. The van der Waals surface area contributed by atoms with Gasteiger partial charge in [0.1, 0.15) is 5.76 Å². The van der Waals surface area contributed by atoms with Crippen LogP contribution in [0.3, 0.4) is 0 Å². The molecule has 3 rings (SSSR count). The van der Waals surface area contributed by atoms with Gasteiger partial charge in [0.2, 0.25) is 0 Å². The molecule has 1 N–H and O–H groups in total. The molecule has 0 amide bonds. The lowest BCUT2D eigenvalue weighted by molar-refractivity contribution is 0.629. The fraction of sp³-hybridized carbons (Fsp3) is 0.176. The number of hydrogen-bond donors (Lipinski definition) is 1. The Morgan fingerprint density at radius 3 is 2.71 bits per heavy atom. The van der Waals surface area contributed by atoms with Crippen LogP contribution in [-0.2, 0) is 6.54 Å². The van der Waals surface area contributed by atoms with Gasteiger partial charge in [-0.05, 0) is 36.4 Å². The van der Waals surface area contributed by atoms with E-state index in [1.54, 1.807) is 0 Å². The second-order valence-electron chi connectivity index (χ2n) is 4.85. The second-order valence-corrected chi connectivity index (χ2v) is 5.69. The van der Waals surface area contributed by atoms with Crippen LogP contribution >= 0.6 is 23.2 Å². The molecule has 0 aliphatic heterocycles. The molecule has 0 radical (unpaired) electrons. The zero-order valence-corrected chi connectivity index (χ0v) is 13.1. The van der Waals surface area contributed by atoms with Crippen molar-refractivity contribution in [3.63, 3.8) is 0 Å². The summed E-state index contributed by atoms with van der Waals surface area (Å²) in [6.07, 6.45) is 0. The van der Waals surface area contributed by atoms with Gasteiger partial charge in [-0.25, -0.2) is 0 Å². The first-order chi connectivity index (χ1) is 10.2. The highest BCUT2D eigenvalue weighted by Gasteiger charge is 2.12. The summed E-state index contributed by atoms with van der Waals surface area (Å²) in [5.74, 6) is 0.786. The molecule has 1 aromatic heterocycles. The van der Waals surface area contributed by atoms with Gasteiger partial charge in [-0.2, -0.15) is 0 Å². The molecule has 0 fully saturated rings. The van der Waals surface area contributed by atoms with Crippen molar-refractivity contribution in [2.24, 2.45) is 0 Å². The zero-order chi connectivity index (χ0) is 14.8. The van der Waals surface area contributed by atoms with E-state index >= 15 is 0 Å². The van der Waals surface area contributed by atoms with Crippen LogP contribution < -0.4 is 5.32 Å². The summed E-state index contributed by atoms with van der Waals surface area (Å²) in [4.78, 5) is 0. The molecule has 0 spiro atoms. The molecule has 0 saturated heterocycles. The Labute approximate surface area is 133 Å². The van der Waals surface area contributed by atoms with Crippen molar-refractivity contribution in [3.05, 3.63) is 58.1 Å². The van der Waals surface area contributed by atoms with E-state index in [0.29, 0.717) is 15.6 Å². The molecule has 0 aliphatic rings. The van der Waals surface area contributed by atoms with Crippen molar-refractivity contribution in [2.75, 3.05) is 6.54 Å². The van der Waals surface area contributed by atoms with Crippen LogP contribution in [0, 0.1) is 0 Å². The van der Waals surface area contributed by atoms with E-state index in [9.17, 15) is 0 Å². The van der Waals surface area contributed by atoms with Crippen LogP contribution in [0.15, 0.2) is 46.9 Å². The molecule has 0 unspecified atom stereocenters. The first-order valence-corrected chi connectivity index (χ1v) is 7.62. The Morgan fingerprint density at radius 1 is 1.10 bits per heavy atom. The van der Waals surface area contributed by atoms with E-state index in [4.69, 9.17) is 27.6 Å². The fourth-order valence-corrected chi connectivity index (χ4v) is 2.74. The molecule has 0 aliphatic carbocycles. The predicted octanol–water partition coefficient (Wildman–Crippen LogP) is 5.52. The van der Waals surface area contributed by atoms with Gasteiger partial charge in [-0.1, -0.05) is 48.3 Å². The lowest BCUT2D eigenvalue weighted by Gasteiger charge is -2.08. The smallest absolute Gasteiger partial charge is 0.153 e. The molecule has 3 aromatic rings. The van der Waals surface area contributed by atoms with Gasteiger partial charge in [-0.3, -0.25) is 0 Å². The Kier molecular flexibility index (Phi) is 4.20. The number of benzene rings is 2. The van der Waals surface area contributed by atoms with E-state index in [2.05, 4.69) is 12.2 Å². The summed E-state index contributed by atoms with van der Waals surface area (Å²) >= 11 is 12.3. The van der Waals surface area contributed by atoms with Crippen LogP contribution in [0.25, 0.3) is 22.3 Å². The summed E-state index contributed by atoms with van der Waals surface area (Å²) < 4.78 is 5.94. The van der Waals surface area contributed by atoms with Gasteiger partial charge < -0.3 is 9.73 Å². The minimum Gasteiger partial charge on any atom is -0.455 e. The third kappa shape index (κ3) is 2.93. The Balaban J connectivity index is 2.12. The standard InChI is InChI=1S/C17H15Cl2NO/c1-2-20-10-12-6-7-13(18)9-14(12)16-8-11-4-3-5-15(19)17(11)21-16/h3-9,20H,2,10H2,1H3. The average Bonchev–Trinajstić information content (AvgIpc) is 2.91. The Hall–Kier alpha value is -1.48. The largest absolute Gasteiger partial charge is 0.455 e. The number of fused-ring (bicyclic) bond motifs is 1. The summed E-state index contributed by atoms with van der Waals surface area (Å²) in [5, 5.41) is 5.63. The van der Waals surface area contributed by atoms with E-state index in [0.717, 1.165) is 35.4 Å². The predicted molar refractivity (Wildman–Crippen MR) is 89.1 cm³/mol. The fourth-order valence-electron chi connectivity index (χ4n) is 2.35. The van der Waals surface area contributed by atoms with Gasteiger partial charge in [0, 0.05) is 22.5 Å². The first kappa shape index (κ1) is 14.5. The number of para-hydroxylation sites is 1. The van der Waals surface area contributed by atoms with Crippen LogP contribution in [0.1, 0.15) is 12.5 Å². The third-order valence-corrected chi connectivity index (χ3v) is 3.93. The molecule has 108 valence electrons. The maximum Gasteiger partial charge on any atom is 0.153 e. The monoisotopic (exact) mass is 319 g/mol. The Bertz CT molecular complexity index is 780. The summed E-state index contributed by atoms with van der Waals surface area (Å²) in [6, 6.07) is 13.6. The number of nitrogens with one attached hydrogen (secondary N) is 1. The maximum atomic E-state index is 6.18. The molecule has 2 nitrogen and oxygen atoms in total. The third-order valence-electron chi connectivity index (χ3n) is 3.40. The van der Waals surface area contributed by atoms with E-state index in [1.165, 1.54) is 0 Å². The van der Waals surface area contributed by atoms with Gasteiger partial charge in [0.15, 0.2) is 5.58 Å². The highest BCUT2D eigenvalue weighted by atomic mass is 35.5. The normalized spacial score (nSPS) is 11.2. The van der Waals surface area contributed by atoms with Crippen molar-refractivity contribution in [3.8, 4) is 11.3 Å². The second kappa shape index (κ2) is 6.10. The topological polar surface area (TPSA) is 25.2 Å². The average molecular weight is 320 g/mol. The summed E-state index contributed by atoms with van der Waals surface area (Å²) in [5.41, 5.74) is 2.86. The first-order valence-electron chi connectivity index (χ1n) is 6.86. The van der Waals surface area contributed by atoms with E-state index in [-0.39, 0.29) is 0 Å². The van der Waals surface area contributed by atoms with Crippen LogP contribution in [0.2, 0.25) is 10.0 Å². The van der Waals surface area contributed by atoms with Gasteiger partial charge >= 0.3 is 0 Å². The van der Waals surface area contributed by atoms with Crippen molar-refractivity contribution >= 4 is 34.2 Å². The number of halogens is 2. The molecule has 0 bridgehead atoms. The molecule has 0 atom stereocenters. The van der Waals surface area contributed by atoms with Crippen LogP contribution in [0.5, 0.6) is 0 Å². The summed E-state index contributed by atoms with van der Waals surface area (Å²) in [7, 11) is 0. The van der Waals surface area contributed by atoms with Crippen molar-refractivity contribution in [1.82, 2.24) is 5.32 Å². The lowest BCUT2D eigenvalue weighted by atomic mass is 10.0. The molecule has 1 heterocycles. The van der Waals surface area contributed by atoms with Crippen LogP contribution in [-0.4, -0.2) is 6.54 Å². The van der Waals surface area contributed by atoms with Crippen molar-refractivity contribution < 1.29 is 4.42 Å². The molecule has 4 heteroatoms. The number of rotatable bonds is 4. The maximum absolute atomic E-state index is 6.18. The van der Waals surface area contributed by atoms with Gasteiger partial charge in [-0.15, -0.1) is 0 Å². The number of furan rings is 1. The summed E-state index contributed by atoms with van der Waals surface area (Å²) in [6.45, 7) is 3.76. The molecular formula is C17H15Cl2NO. The lowest BCUT2D eigenvalue weighted by Crippen LogP contribution is -2.12. The van der Waals surface area contributed by atoms with E-state index < -0.39 is 0 Å². The van der Waals surface area contributed by atoms with Gasteiger partial charge in [0.05, 0.1) is 5.02 Å². The van der Waals surface area contributed by atoms with Crippen molar-refractivity contribution in [2.45, 2.75) is 13.5 Å². The van der Waals surface area contributed by atoms with E-state index in [1.807, 2.05) is 42.5 Å². The van der Waals surface area contributed by atoms with Gasteiger partial charge in [0.25, 0.3) is 0 Å². The highest BCUT2D eigenvalue weighted by Crippen LogP contribution is 2.34. The van der Waals surface area contributed by atoms with Crippen molar-refractivity contribution in [1.29, 1.82) is 0 Å². The molecule has 2 aromatic carbocycles. The zero-order valence-electron chi connectivity index (χ0n) is 11.6. The molecular weight excluding hydrogens is 305 g/mol. The minimum absolute atomic E-state index is 0.619. The number of hydrogen-bond acceptors (Lipinski definition) is 2. The quantitative estimate of drug-likeness (QED) is 0.685. The molecule has 0 saturated carbocycles. The Morgan fingerprint density at radius 2 is 1.95 bits per heavy atom. The minimum atomic E-state index is 0.619. The van der Waals surface area contributed by atoms with Crippen LogP contribution in [0.4, 0.5) is 0 Å². The highest BCUT2D eigenvalue weighted by molar-refractivity contribution is 6.34. The SMILES string of the molecule is CCNCc1ccc(Cl)cc1-c1cc2cccc(Cl)c2o1.